The molecule has 136 valence electrons. The van der Waals surface area contributed by atoms with E-state index in [0.717, 1.165) is 56.0 Å². The lowest BCUT2D eigenvalue weighted by molar-refractivity contribution is -0.000807. The minimum atomic E-state index is 0.204. The molecule has 0 N–H and O–H groups in total. The second-order valence-corrected chi connectivity index (χ2v) is 8.25. The summed E-state index contributed by atoms with van der Waals surface area (Å²) in [6.07, 6.45) is 4.74. The van der Waals surface area contributed by atoms with Crippen LogP contribution >= 0.6 is 11.3 Å². The van der Waals surface area contributed by atoms with E-state index in [1.165, 1.54) is 18.5 Å². The Kier molecular flexibility index (Phi) is 5.51. The minimum absolute atomic E-state index is 0.204. The fourth-order valence-electron chi connectivity index (χ4n) is 3.85. The predicted octanol–water partition coefficient (Wildman–Crippen LogP) is 3.08. The molecule has 2 aliphatic heterocycles. The first kappa shape index (κ1) is 17.2. The highest BCUT2D eigenvalue weighted by Crippen LogP contribution is 2.21. The molecular formula is C19H27N3O2S. The topological polar surface area (TPSA) is 39.5 Å². The Labute approximate surface area is 153 Å². The third kappa shape index (κ3) is 4.50. The van der Waals surface area contributed by atoms with E-state index in [-0.39, 0.29) is 6.10 Å². The average Bonchev–Trinajstić information content (AvgIpc) is 3.19. The van der Waals surface area contributed by atoms with E-state index >= 15 is 0 Å². The largest absolute Gasteiger partial charge is 0.381 e. The highest BCUT2D eigenvalue weighted by Gasteiger charge is 2.25. The van der Waals surface area contributed by atoms with Crippen LogP contribution in [-0.2, 0) is 29.2 Å². The van der Waals surface area contributed by atoms with Crippen molar-refractivity contribution in [2.75, 3.05) is 26.3 Å². The van der Waals surface area contributed by atoms with Gasteiger partial charge in [-0.3, -0.25) is 4.90 Å². The first-order valence-corrected chi connectivity index (χ1v) is 10.1. The predicted molar refractivity (Wildman–Crippen MR) is 98.7 cm³/mol. The maximum absolute atomic E-state index is 6.26. The molecule has 0 spiro atoms. The van der Waals surface area contributed by atoms with Crippen molar-refractivity contribution in [3.05, 3.63) is 40.1 Å². The molecule has 0 aliphatic carbocycles. The molecule has 0 saturated carbocycles. The Balaban J connectivity index is 1.41. The van der Waals surface area contributed by atoms with Crippen molar-refractivity contribution in [1.29, 1.82) is 0 Å². The Hall–Kier alpha value is -1.21. The van der Waals surface area contributed by atoms with Crippen LogP contribution < -0.4 is 0 Å². The molecule has 6 heteroatoms. The molecule has 2 aliphatic rings. The lowest BCUT2D eigenvalue weighted by Gasteiger charge is -2.30. The van der Waals surface area contributed by atoms with Crippen LogP contribution in [0.5, 0.6) is 0 Å². The van der Waals surface area contributed by atoms with Gasteiger partial charge in [-0.05, 0) is 37.8 Å². The van der Waals surface area contributed by atoms with Gasteiger partial charge in [-0.25, -0.2) is 4.98 Å². The van der Waals surface area contributed by atoms with Gasteiger partial charge in [0.1, 0.15) is 0 Å². The molecule has 1 saturated heterocycles. The Morgan fingerprint density at radius 3 is 3.00 bits per heavy atom. The van der Waals surface area contributed by atoms with E-state index in [2.05, 4.69) is 38.2 Å². The molecule has 1 fully saturated rings. The minimum Gasteiger partial charge on any atom is -0.381 e. The number of hydrogen-bond donors (Lipinski definition) is 0. The van der Waals surface area contributed by atoms with E-state index in [1.54, 1.807) is 11.3 Å². The number of fused-ring (bicyclic) bond motifs is 1. The van der Waals surface area contributed by atoms with Gasteiger partial charge in [-0.15, -0.1) is 11.3 Å². The highest BCUT2D eigenvalue weighted by molar-refractivity contribution is 7.09. The summed E-state index contributed by atoms with van der Waals surface area (Å²) in [5, 5.41) is 3.21. The van der Waals surface area contributed by atoms with Crippen LogP contribution in [0.15, 0.2) is 23.7 Å². The average molecular weight is 362 g/mol. The van der Waals surface area contributed by atoms with Gasteiger partial charge in [-0.2, -0.15) is 0 Å². The number of hydrogen-bond acceptors (Lipinski definition) is 5. The molecule has 2 aromatic rings. The standard InChI is InChI=1S/C19H27N3O2S/c1-15-20-17(14-25-15)13-24-19-11-21(9-16-4-7-23-8-5-16)10-18-3-2-6-22(18)12-19/h2-3,6,14,16,19H,4-5,7-13H2,1H3. The number of nitrogens with zero attached hydrogens (tertiary/aromatic N) is 3. The molecule has 2 aromatic heterocycles. The number of thiazole rings is 1. The van der Waals surface area contributed by atoms with Gasteiger partial charge in [0.25, 0.3) is 0 Å². The maximum atomic E-state index is 6.26. The molecule has 1 atom stereocenters. The fourth-order valence-corrected chi connectivity index (χ4v) is 4.44. The fraction of sp³-hybridized carbons (Fsp3) is 0.632. The third-order valence-electron chi connectivity index (χ3n) is 5.16. The number of rotatable bonds is 5. The summed E-state index contributed by atoms with van der Waals surface area (Å²) in [5.74, 6) is 0.747. The van der Waals surface area contributed by atoms with Crippen molar-refractivity contribution in [2.24, 2.45) is 5.92 Å². The zero-order valence-electron chi connectivity index (χ0n) is 14.9. The van der Waals surface area contributed by atoms with Crippen molar-refractivity contribution in [2.45, 2.75) is 45.6 Å². The normalized spacial score (nSPS) is 22.7. The van der Waals surface area contributed by atoms with E-state index in [0.29, 0.717) is 6.61 Å². The van der Waals surface area contributed by atoms with E-state index in [9.17, 15) is 0 Å². The van der Waals surface area contributed by atoms with Crippen molar-refractivity contribution >= 4 is 11.3 Å². The van der Waals surface area contributed by atoms with Crippen LogP contribution in [0.2, 0.25) is 0 Å². The second kappa shape index (κ2) is 7.99. The molecule has 4 heterocycles. The third-order valence-corrected chi connectivity index (χ3v) is 5.98. The summed E-state index contributed by atoms with van der Waals surface area (Å²) < 4.78 is 14.1. The lowest BCUT2D eigenvalue weighted by atomic mass is 9.99. The molecule has 0 amide bonds. The Morgan fingerprint density at radius 1 is 1.32 bits per heavy atom. The summed E-state index contributed by atoms with van der Waals surface area (Å²) in [4.78, 5) is 7.10. The van der Waals surface area contributed by atoms with Gasteiger partial charge < -0.3 is 14.0 Å². The van der Waals surface area contributed by atoms with Crippen LogP contribution in [0.1, 0.15) is 29.2 Å². The number of aryl methyl sites for hydroxylation is 1. The number of ether oxygens (including phenoxy) is 2. The first-order chi connectivity index (χ1) is 12.3. The van der Waals surface area contributed by atoms with Crippen molar-refractivity contribution < 1.29 is 9.47 Å². The van der Waals surface area contributed by atoms with Gasteiger partial charge >= 0.3 is 0 Å². The van der Waals surface area contributed by atoms with Crippen molar-refractivity contribution in [1.82, 2.24) is 14.5 Å². The summed E-state index contributed by atoms with van der Waals surface area (Å²) in [5.41, 5.74) is 2.44. The smallest absolute Gasteiger partial charge is 0.0901 e. The molecule has 0 aromatic carbocycles. The number of aromatic nitrogens is 2. The Morgan fingerprint density at radius 2 is 2.20 bits per heavy atom. The van der Waals surface area contributed by atoms with Crippen LogP contribution in [-0.4, -0.2) is 46.9 Å². The first-order valence-electron chi connectivity index (χ1n) is 9.23. The molecule has 1 unspecified atom stereocenters. The zero-order chi connectivity index (χ0) is 17.1. The van der Waals surface area contributed by atoms with Gasteiger partial charge in [-0.1, -0.05) is 0 Å². The van der Waals surface area contributed by atoms with Gasteiger partial charge in [0, 0.05) is 56.7 Å². The molecule has 5 nitrogen and oxygen atoms in total. The van der Waals surface area contributed by atoms with Gasteiger partial charge in [0.15, 0.2) is 0 Å². The van der Waals surface area contributed by atoms with E-state index in [1.807, 2.05) is 6.92 Å². The van der Waals surface area contributed by atoms with Crippen LogP contribution in [0.25, 0.3) is 0 Å². The summed E-state index contributed by atoms with van der Waals surface area (Å²) in [6.45, 7) is 8.55. The lowest BCUT2D eigenvalue weighted by Crippen LogP contribution is -2.37. The molecule has 0 bridgehead atoms. The monoisotopic (exact) mass is 361 g/mol. The molecule has 0 radical (unpaired) electrons. The van der Waals surface area contributed by atoms with Crippen LogP contribution in [0.3, 0.4) is 0 Å². The zero-order valence-corrected chi connectivity index (χ0v) is 15.7. The van der Waals surface area contributed by atoms with Crippen molar-refractivity contribution in [3.63, 3.8) is 0 Å². The molecule has 25 heavy (non-hydrogen) atoms. The quantitative estimate of drug-likeness (QED) is 0.820. The SMILES string of the molecule is Cc1nc(COC2CN(CC3CCOCC3)Cc3cccn3C2)cs1. The Bertz CT molecular complexity index is 678. The summed E-state index contributed by atoms with van der Waals surface area (Å²) >= 11 is 1.69. The summed E-state index contributed by atoms with van der Waals surface area (Å²) in [6, 6.07) is 4.39. The van der Waals surface area contributed by atoms with E-state index in [4.69, 9.17) is 9.47 Å². The molecular weight excluding hydrogens is 334 g/mol. The van der Waals surface area contributed by atoms with Crippen LogP contribution in [0, 0.1) is 12.8 Å². The van der Waals surface area contributed by atoms with E-state index < -0.39 is 0 Å². The maximum Gasteiger partial charge on any atom is 0.0901 e. The van der Waals surface area contributed by atoms with Gasteiger partial charge in [0.05, 0.1) is 23.4 Å². The van der Waals surface area contributed by atoms with Gasteiger partial charge in [0.2, 0.25) is 0 Å². The molecule has 4 rings (SSSR count). The highest BCUT2D eigenvalue weighted by atomic mass is 32.1. The second-order valence-electron chi connectivity index (χ2n) is 7.19. The van der Waals surface area contributed by atoms with Crippen LogP contribution in [0.4, 0.5) is 0 Å². The van der Waals surface area contributed by atoms with Crippen molar-refractivity contribution in [3.8, 4) is 0 Å². The summed E-state index contributed by atoms with van der Waals surface area (Å²) in [7, 11) is 0.